The summed E-state index contributed by atoms with van der Waals surface area (Å²) in [6.07, 6.45) is 2.11. The smallest absolute Gasteiger partial charge is 0.181 e. The maximum Gasteiger partial charge on any atom is 0.181 e. The van der Waals surface area contributed by atoms with Crippen LogP contribution in [0.5, 0.6) is 0 Å². The van der Waals surface area contributed by atoms with Gasteiger partial charge in [-0.2, -0.15) is 0 Å². The summed E-state index contributed by atoms with van der Waals surface area (Å²) < 4.78 is 0. The topological polar surface area (TPSA) is 17.1 Å². The van der Waals surface area contributed by atoms with Crippen LogP contribution in [0.1, 0.15) is 16.7 Å². The fourth-order valence-corrected chi connectivity index (χ4v) is 3.31. The zero-order valence-electron chi connectivity index (χ0n) is 12.6. The van der Waals surface area contributed by atoms with Crippen LogP contribution in [0.4, 0.5) is 0 Å². The summed E-state index contributed by atoms with van der Waals surface area (Å²) in [7, 11) is 0. The van der Waals surface area contributed by atoms with Crippen LogP contribution in [0.15, 0.2) is 97.1 Å². The molecule has 0 bridgehead atoms. The van der Waals surface area contributed by atoms with E-state index >= 15 is 0 Å². The van der Waals surface area contributed by atoms with Crippen molar-refractivity contribution in [2.24, 2.45) is 0 Å². The Balaban J connectivity index is 1.91. The molecule has 0 saturated carbocycles. The van der Waals surface area contributed by atoms with E-state index in [9.17, 15) is 4.79 Å². The molecule has 0 atom stereocenters. The van der Waals surface area contributed by atoms with Crippen molar-refractivity contribution in [2.75, 3.05) is 0 Å². The average molecular weight is 296 g/mol. The number of carbonyl (C=O) groups excluding carboxylic acids is 1. The number of ketones is 1. The second kappa shape index (κ2) is 5.36. The number of carbonyl (C=O) groups is 1. The van der Waals surface area contributed by atoms with Crippen molar-refractivity contribution in [2.45, 2.75) is 5.41 Å². The SMILES string of the molecule is O=C1C(c2ccccc2)=CC1(c1ccccc1)c1ccccc1. The molecule has 3 aromatic carbocycles. The Kier molecular flexibility index (Phi) is 3.20. The number of hydrogen-bond acceptors (Lipinski definition) is 1. The summed E-state index contributed by atoms with van der Waals surface area (Å²) in [5, 5.41) is 0. The van der Waals surface area contributed by atoms with E-state index in [4.69, 9.17) is 0 Å². The standard InChI is InChI=1S/C22H16O/c23-21-20(17-10-4-1-5-11-17)16-22(21,18-12-6-2-7-13-18)19-14-8-3-9-15-19/h1-16H. The van der Waals surface area contributed by atoms with Crippen molar-refractivity contribution < 1.29 is 4.79 Å². The van der Waals surface area contributed by atoms with E-state index in [1.54, 1.807) is 0 Å². The van der Waals surface area contributed by atoms with Gasteiger partial charge >= 0.3 is 0 Å². The zero-order chi connectivity index (χ0) is 15.7. The van der Waals surface area contributed by atoms with Crippen molar-refractivity contribution in [3.05, 3.63) is 114 Å². The van der Waals surface area contributed by atoms with Crippen LogP contribution in [0.25, 0.3) is 5.57 Å². The van der Waals surface area contributed by atoms with Crippen LogP contribution in [-0.4, -0.2) is 5.78 Å². The van der Waals surface area contributed by atoms with Gasteiger partial charge in [0.25, 0.3) is 0 Å². The number of allylic oxidation sites excluding steroid dienone is 2. The molecule has 1 nitrogen and oxygen atoms in total. The minimum atomic E-state index is -0.659. The number of benzene rings is 3. The van der Waals surface area contributed by atoms with Gasteiger partial charge in [0.05, 0.1) is 0 Å². The molecule has 0 unspecified atom stereocenters. The Hall–Kier alpha value is -2.93. The first kappa shape index (κ1) is 13.7. The molecule has 0 amide bonds. The van der Waals surface area contributed by atoms with Crippen LogP contribution >= 0.6 is 0 Å². The molecule has 3 aromatic rings. The lowest BCUT2D eigenvalue weighted by molar-refractivity contribution is -0.117. The molecule has 1 heteroatoms. The van der Waals surface area contributed by atoms with Crippen molar-refractivity contribution in [1.29, 1.82) is 0 Å². The molecule has 0 spiro atoms. The van der Waals surface area contributed by atoms with E-state index in [-0.39, 0.29) is 5.78 Å². The molecule has 1 aliphatic carbocycles. The first-order valence-corrected chi connectivity index (χ1v) is 7.76. The summed E-state index contributed by atoms with van der Waals surface area (Å²) in [4.78, 5) is 13.2. The van der Waals surface area contributed by atoms with Crippen LogP contribution < -0.4 is 0 Å². The summed E-state index contributed by atoms with van der Waals surface area (Å²) in [5.41, 5.74) is 3.18. The van der Waals surface area contributed by atoms with Gasteiger partial charge in [0.1, 0.15) is 5.41 Å². The molecule has 0 saturated heterocycles. The highest BCUT2D eigenvalue weighted by molar-refractivity contribution is 6.34. The zero-order valence-corrected chi connectivity index (χ0v) is 12.6. The van der Waals surface area contributed by atoms with E-state index in [2.05, 4.69) is 6.08 Å². The quantitative estimate of drug-likeness (QED) is 0.688. The number of rotatable bonds is 3. The Morgan fingerprint density at radius 3 is 1.43 bits per heavy atom. The Morgan fingerprint density at radius 2 is 1.00 bits per heavy atom. The highest BCUT2D eigenvalue weighted by Crippen LogP contribution is 2.47. The van der Waals surface area contributed by atoms with Crippen LogP contribution in [-0.2, 0) is 10.2 Å². The molecule has 4 rings (SSSR count). The van der Waals surface area contributed by atoms with Crippen LogP contribution in [0.3, 0.4) is 0 Å². The third-order valence-electron chi connectivity index (χ3n) is 4.51. The van der Waals surface area contributed by atoms with Crippen LogP contribution in [0, 0.1) is 0 Å². The van der Waals surface area contributed by atoms with Gasteiger partial charge in [-0.05, 0) is 16.7 Å². The summed E-state index contributed by atoms with van der Waals surface area (Å²) >= 11 is 0. The van der Waals surface area contributed by atoms with Gasteiger partial charge in [-0.15, -0.1) is 0 Å². The van der Waals surface area contributed by atoms with Gasteiger partial charge in [-0.1, -0.05) is 97.1 Å². The lowest BCUT2D eigenvalue weighted by atomic mass is 9.60. The molecule has 0 radical (unpaired) electrons. The molecule has 23 heavy (non-hydrogen) atoms. The highest BCUT2D eigenvalue weighted by Gasteiger charge is 2.49. The molecule has 0 aliphatic heterocycles. The van der Waals surface area contributed by atoms with Crippen molar-refractivity contribution in [3.63, 3.8) is 0 Å². The normalized spacial score (nSPS) is 15.7. The first-order chi connectivity index (χ1) is 11.3. The lowest BCUT2D eigenvalue weighted by Gasteiger charge is -2.39. The van der Waals surface area contributed by atoms with Gasteiger partial charge in [-0.3, -0.25) is 4.79 Å². The van der Waals surface area contributed by atoms with Crippen molar-refractivity contribution in [3.8, 4) is 0 Å². The Bertz CT molecular complexity index is 822. The van der Waals surface area contributed by atoms with Gasteiger partial charge in [0.2, 0.25) is 0 Å². The van der Waals surface area contributed by atoms with Gasteiger partial charge < -0.3 is 0 Å². The van der Waals surface area contributed by atoms with Crippen molar-refractivity contribution >= 4 is 11.4 Å². The third kappa shape index (κ3) is 2.05. The molecule has 110 valence electrons. The predicted molar refractivity (Wildman–Crippen MR) is 93.1 cm³/mol. The molecular formula is C22H16O. The minimum absolute atomic E-state index is 0.168. The van der Waals surface area contributed by atoms with Crippen LogP contribution in [0.2, 0.25) is 0 Å². The van der Waals surface area contributed by atoms with E-state index in [1.165, 1.54) is 0 Å². The second-order valence-corrected chi connectivity index (χ2v) is 5.79. The summed E-state index contributed by atoms with van der Waals surface area (Å²) in [6, 6.07) is 29.9. The first-order valence-electron chi connectivity index (χ1n) is 7.76. The number of Topliss-reactive ketones (excluding diaryl/α,β-unsaturated/α-hetero) is 1. The molecular weight excluding hydrogens is 280 g/mol. The van der Waals surface area contributed by atoms with Crippen molar-refractivity contribution in [1.82, 2.24) is 0 Å². The summed E-state index contributed by atoms with van der Waals surface area (Å²) in [5.74, 6) is 0.168. The fourth-order valence-electron chi connectivity index (χ4n) is 3.31. The summed E-state index contributed by atoms with van der Waals surface area (Å²) in [6.45, 7) is 0. The third-order valence-corrected chi connectivity index (χ3v) is 4.51. The minimum Gasteiger partial charge on any atom is -0.292 e. The van der Waals surface area contributed by atoms with Gasteiger partial charge in [-0.25, -0.2) is 0 Å². The molecule has 0 heterocycles. The van der Waals surface area contributed by atoms with E-state index in [0.717, 1.165) is 22.3 Å². The molecule has 0 N–H and O–H groups in total. The average Bonchev–Trinajstić information content (AvgIpc) is 2.63. The van der Waals surface area contributed by atoms with E-state index < -0.39 is 5.41 Å². The number of hydrogen-bond donors (Lipinski definition) is 0. The predicted octanol–water partition coefficient (Wildman–Crippen LogP) is 4.64. The Labute approximate surface area is 135 Å². The van der Waals surface area contributed by atoms with Gasteiger partial charge in [0, 0.05) is 5.57 Å². The van der Waals surface area contributed by atoms with E-state index in [0.29, 0.717) is 0 Å². The molecule has 1 aliphatic rings. The lowest BCUT2D eigenvalue weighted by Crippen LogP contribution is -2.43. The molecule has 0 aromatic heterocycles. The largest absolute Gasteiger partial charge is 0.292 e. The fraction of sp³-hybridized carbons (Fsp3) is 0.0455. The molecule has 0 fully saturated rings. The second-order valence-electron chi connectivity index (χ2n) is 5.79. The van der Waals surface area contributed by atoms with E-state index in [1.807, 2.05) is 91.0 Å². The maximum absolute atomic E-state index is 13.2. The monoisotopic (exact) mass is 296 g/mol. The highest BCUT2D eigenvalue weighted by atomic mass is 16.1. The van der Waals surface area contributed by atoms with Gasteiger partial charge in [0.15, 0.2) is 5.78 Å². The maximum atomic E-state index is 13.2. The Morgan fingerprint density at radius 1 is 0.565 bits per heavy atom.